The maximum absolute atomic E-state index is 5.99. The van der Waals surface area contributed by atoms with Crippen LogP contribution in [0.15, 0.2) is 0 Å². The number of rotatable bonds is 4. The van der Waals surface area contributed by atoms with E-state index < -0.39 is 0 Å². The van der Waals surface area contributed by atoms with Gasteiger partial charge in [0.15, 0.2) is 0 Å². The minimum Gasteiger partial charge on any atom is -0.323 e. The van der Waals surface area contributed by atoms with Gasteiger partial charge in [0, 0.05) is 16.8 Å². The minimum absolute atomic E-state index is 0.132. The average molecular weight is 266 g/mol. The van der Waals surface area contributed by atoms with Gasteiger partial charge in [0.25, 0.3) is 0 Å². The minimum atomic E-state index is 0.132. The molecule has 0 saturated heterocycles. The van der Waals surface area contributed by atoms with E-state index in [0.29, 0.717) is 5.92 Å². The Kier molecular flexibility index (Phi) is 4.79. The first-order valence-electron chi connectivity index (χ1n) is 7.34. The van der Waals surface area contributed by atoms with Gasteiger partial charge in [0.1, 0.15) is 0 Å². The van der Waals surface area contributed by atoms with Gasteiger partial charge < -0.3 is 5.73 Å². The first kappa shape index (κ1) is 14.0. The van der Waals surface area contributed by atoms with Crippen LogP contribution >= 0.6 is 11.3 Å². The highest BCUT2D eigenvalue weighted by molar-refractivity contribution is 7.11. The zero-order valence-electron chi connectivity index (χ0n) is 11.9. The Bertz CT molecular complexity index is 376. The van der Waals surface area contributed by atoms with Crippen molar-refractivity contribution in [3.05, 3.63) is 15.6 Å². The van der Waals surface area contributed by atoms with E-state index in [2.05, 4.69) is 20.8 Å². The monoisotopic (exact) mass is 266 g/mol. The average Bonchev–Trinajstić information content (AvgIpc) is 2.73. The number of aryl methyl sites for hydroxylation is 1. The molecule has 1 unspecified atom stereocenters. The normalized spacial score (nSPS) is 26.2. The fourth-order valence-corrected chi connectivity index (χ4v) is 4.32. The van der Waals surface area contributed by atoms with Gasteiger partial charge in [-0.3, -0.25) is 0 Å². The van der Waals surface area contributed by atoms with Gasteiger partial charge in [-0.25, -0.2) is 4.98 Å². The zero-order valence-corrected chi connectivity index (χ0v) is 12.7. The number of nitrogens with zero attached hydrogens (tertiary/aromatic N) is 1. The van der Waals surface area contributed by atoms with Gasteiger partial charge in [-0.15, -0.1) is 11.3 Å². The highest BCUT2D eigenvalue weighted by Gasteiger charge is 2.25. The molecule has 1 saturated carbocycles. The lowest BCUT2D eigenvalue weighted by molar-refractivity contribution is 0.308. The smallest absolute Gasteiger partial charge is 0.0962 e. The second-order valence-electron chi connectivity index (χ2n) is 5.80. The Morgan fingerprint density at radius 3 is 2.50 bits per heavy atom. The van der Waals surface area contributed by atoms with Gasteiger partial charge in [-0.05, 0) is 45.4 Å². The van der Waals surface area contributed by atoms with Crippen molar-refractivity contribution in [3.63, 3.8) is 0 Å². The van der Waals surface area contributed by atoms with Crippen LogP contribution in [0.5, 0.6) is 0 Å². The molecule has 0 aromatic carbocycles. The van der Waals surface area contributed by atoms with E-state index in [0.717, 1.165) is 11.6 Å². The van der Waals surface area contributed by atoms with E-state index >= 15 is 0 Å². The largest absolute Gasteiger partial charge is 0.323 e. The van der Waals surface area contributed by atoms with Crippen LogP contribution in [0.25, 0.3) is 0 Å². The Labute approximate surface area is 115 Å². The summed E-state index contributed by atoms with van der Waals surface area (Å²) in [5.41, 5.74) is 7.14. The highest BCUT2D eigenvalue weighted by atomic mass is 32.1. The molecule has 2 nitrogen and oxygen atoms in total. The second kappa shape index (κ2) is 6.16. The van der Waals surface area contributed by atoms with Crippen molar-refractivity contribution < 1.29 is 0 Å². The standard InChI is InChI=1S/C15H26N2S/c1-4-5-12-6-8-13(9-7-12)15-17-11(3)14(18-15)10(2)16/h10,12-13H,4-9,16H2,1-3H3. The summed E-state index contributed by atoms with van der Waals surface area (Å²) >= 11 is 1.85. The fourth-order valence-electron chi connectivity index (χ4n) is 3.13. The van der Waals surface area contributed by atoms with Gasteiger partial charge in [0.2, 0.25) is 0 Å². The molecular formula is C15H26N2S. The lowest BCUT2D eigenvalue weighted by Crippen LogP contribution is -2.13. The Balaban J connectivity index is 1.99. The van der Waals surface area contributed by atoms with Crippen molar-refractivity contribution in [2.45, 2.75) is 71.3 Å². The lowest BCUT2D eigenvalue weighted by atomic mass is 9.80. The molecule has 0 spiro atoms. The van der Waals surface area contributed by atoms with Crippen LogP contribution in [0.4, 0.5) is 0 Å². The van der Waals surface area contributed by atoms with E-state index in [-0.39, 0.29) is 6.04 Å². The van der Waals surface area contributed by atoms with Crippen molar-refractivity contribution in [1.82, 2.24) is 4.98 Å². The van der Waals surface area contributed by atoms with Crippen LogP contribution in [-0.4, -0.2) is 4.98 Å². The summed E-state index contributed by atoms with van der Waals surface area (Å²) in [7, 11) is 0. The SMILES string of the molecule is CCCC1CCC(c2nc(C)c(C(C)N)s2)CC1. The summed E-state index contributed by atoms with van der Waals surface area (Å²) in [6.45, 7) is 6.45. The molecule has 2 N–H and O–H groups in total. The molecule has 3 heteroatoms. The molecule has 0 bridgehead atoms. The summed E-state index contributed by atoms with van der Waals surface area (Å²) in [5, 5.41) is 1.34. The maximum atomic E-state index is 5.99. The molecule has 1 heterocycles. The highest BCUT2D eigenvalue weighted by Crippen LogP contribution is 2.40. The quantitative estimate of drug-likeness (QED) is 0.868. The zero-order chi connectivity index (χ0) is 13.1. The Morgan fingerprint density at radius 2 is 2.00 bits per heavy atom. The van der Waals surface area contributed by atoms with Gasteiger partial charge in [0.05, 0.1) is 10.7 Å². The van der Waals surface area contributed by atoms with E-state index in [4.69, 9.17) is 10.7 Å². The van der Waals surface area contributed by atoms with Crippen molar-refractivity contribution in [2.24, 2.45) is 11.7 Å². The molecular weight excluding hydrogens is 240 g/mol. The van der Waals surface area contributed by atoms with Gasteiger partial charge in [-0.2, -0.15) is 0 Å². The topological polar surface area (TPSA) is 38.9 Å². The predicted octanol–water partition coefficient (Wildman–Crippen LogP) is 4.55. The molecule has 102 valence electrons. The van der Waals surface area contributed by atoms with E-state index in [9.17, 15) is 0 Å². The first-order chi connectivity index (χ1) is 8.61. The Morgan fingerprint density at radius 1 is 1.33 bits per heavy atom. The van der Waals surface area contributed by atoms with E-state index in [1.165, 1.54) is 48.4 Å². The molecule has 0 amide bonds. The fraction of sp³-hybridized carbons (Fsp3) is 0.800. The predicted molar refractivity (Wildman–Crippen MR) is 79.1 cm³/mol. The van der Waals surface area contributed by atoms with E-state index in [1.54, 1.807) is 0 Å². The molecule has 0 aliphatic heterocycles. The summed E-state index contributed by atoms with van der Waals surface area (Å²) in [6.07, 6.45) is 8.19. The van der Waals surface area contributed by atoms with Crippen LogP contribution in [-0.2, 0) is 0 Å². The number of thiazole rings is 1. The molecule has 1 atom stereocenters. The maximum Gasteiger partial charge on any atom is 0.0962 e. The van der Waals surface area contributed by atoms with Crippen molar-refractivity contribution in [3.8, 4) is 0 Å². The van der Waals surface area contributed by atoms with Crippen LogP contribution in [0, 0.1) is 12.8 Å². The van der Waals surface area contributed by atoms with Crippen LogP contribution in [0.1, 0.15) is 79.9 Å². The first-order valence-corrected chi connectivity index (χ1v) is 8.16. The molecule has 2 rings (SSSR count). The van der Waals surface area contributed by atoms with Crippen molar-refractivity contribution in [2.75, 3.05) is 0 Å². The molecule has 1 aliphatic rings. The van der Waals surface area contributed by atoms with Crippen LogP contribution in [0.3, 0.4) is 0 Å². The molecule has 1 fully saturated rings. The van der Waals surface area contributed by atoms with Crippen LogP contribution in [0.2, 0.25) is 0 Å². The second-order valence-corrected chi connectivity index (χ2v) is 6.86. The third-order valence-corrected chi connectivity index (χ3v) is 5.68. The molecule has 0 radical (unpaired) electrons. The Hall–Kier alpha value is -0.410. The number of nitrogens with two attached hydrogens (primary N) is 1. The molecule has 1 aromatic heterocycles. The van der Waals surface area contributed by atoms with Crippen molar-refractivity contribution >= 4 is 11.3 Å². The number of aromatic nitrogens is 1. The van der Waals surface area contributed by atoms with E-state index in [1.807, 2.05) is 11.3 Å². The van der Waals surface area contributed by atoms with Gasteiger partial charge in [-0.1, -0.05) is 19.8 Å². The van der Waals surface area contributed by atoms with Gasteiger partial charge >= 0.3 is 0 Å². The summed E-state index contributed by atoms with van der Waals surface area (Å²) in [6, 6.07) is 0.132. The van der Waals surface area contributed by atoms with Crippen molar-refractivity contribution in [1.29, 1.82) is 0 Å². The number of hydrogen-bond donors (Lipinski definition) is 1. The summed E-state index contributed by atoms with van der Waals surface area (Å²) in [5.74, 6) is 1.68. The lowest BCUT2D eigenvalue weighted by Gasteiger charge is -2.27. The molecule has 1 aliphatic carbocycles. The third kappa shape index (κ3) is 3.12. The van der Waals surface area contributed by atoms with Crippen LogP contribution < -0.4 is 5.73 Å². The molecule has 1 aromatic rings. The molecule has 18 heavy (non-hydrogen) atoms. The third-order valence-electron chi connectivity index (χ3n) is 4.16. The number of hydrogen-bond acceptors (Lipinski definition) is 3. The summed E-state index contributed by atoms with van der Waals surface area (Å²) in [4.78, 5) is 6.04. The summed E-state index contributed by atoms with van der Waals surface area (Å²) < 4.78 is 0.